The fourth-order valence-electron chi connectivity index (χ4n) is 4.74. The molecule has 9 nitrogen and oxygen atoms in total. The molecule has 0 aliphatic carbocycles. The number of nitrogens with zero attached hydrogens (tertiary/aromatic N) is 3. The summed E-state index contributed by atoms with van der Waals surface area (Å²) in [5, 5.41) is 22.9. The first-order chi connectivity index (χ1) is 19.3. The van der Waals surface area contributed by atoms with E-state index in [1.807, 2.05) is 37.3 Å². The van der Waals surface area contributed by atoms with Gasteiger partial charge in [0, 0.05) is 36.6 Å². The zero-order valence-electron chi connectivity index (χ0n) is 21.6. The van der Waals surface area contributed by atoms with Gasteiger partial charge in [0.2, 0.25) is 0 Å². The predicted octanol–water partition coefficient (Wildman–Crippen LogP) is 5.50. The number of benzene rings is 3. The predicted molar refractivity (Wildman–Crippen MR) is 147 cm³/mol. The zero-order valence-corrected chi connectivity index (χ0v) is 21.6. The van der Waals surface area contributed by atoms with Crippen LogP contribution < -0.4 is 4.74 Å². The second kappa shape index (κ2) is 11.2. The van der Waals surface area contributed by atoms with Crippen molar-refractivity contribution in [1.82, 2.24) is 9.88 Å². The molecule has 3 aromatic carbocycles. The summed E-state index contributed by atoms with van der Waals surface area (Å²) in [5.74, 6) is -1.46. The number of rotatable bonds is 8. The Hall–Kier alpha value is -5.31. The maximum Gasteiger partial charge on any atom is 0.295 e. The topological polar surface area (TPSA) is 123 Å². The number of hydrogen-bond donors (Lipinski definition) is 1. The smallest absolute Gasteiger partial charge is 0.295 e. The summed E-state index contributed by atoms with van der Waals surface area (Å²) < 4.78 is 5.93. The molecule has 5 rings (SSSR count). The number of non-ortho nitro benzene ring substituents is 1. The number of nitro benzene ring substituents is 1. The summed E-state index contributed by atoms with van der Waals surface area (Å²) in [6.45, 7) is 2.20. The zero-order chi connectivity index (χ0) is 28.2. The number of aryl methyl sites for hydroxylation is 1. The van der Waals surface area contributed by atoms with Gasteiger partial charge in [0.25, 0.3) is 17.4 Å². The number of aliphatic hydroxyl groups excluding tert-OH is 1. The van der Waals surface area contributed by atoms with Crippen molar-refractivity contribution in [2.24, 2.45) is 0 Å². The second-order valence-corrected chi connectivity index (χ2v) is 9.39. The Labute approximate surface area is 230 Å². The second-order valence-electron chi connectivity index (χ2n) is 9.39. The lowest BCUT2D eigenvalue weighted by atomic mass is 9.94. The van der Waals surface area contributed by atoms with Crippen molar-refractivity contribution in [3.05, 3.63) is 141 Å². The van der Waals surface area contributed by atoms with Gasteiger partial charge in [-0.1, -0.05) is 48.5 Å². The van der Waals surface area contributed by atoms with Crippen molar-refractivity contribution in [3.8, 4) is 5.75 Å². The Morgan fingerprint density at radius 3 is 2.48 bits per heavy atom. The van der Waals surface area contributed by atoms with Crippen molar-refractivity contribution < 1.29 is 24.4 Å². The van der Waals surface area contributed by atoms with E-state index in [0.29, 0.717) is 29.0 Å². The van der Waals surface area contributed by atoms with Crippen LogP contribution in [-0.2, 0) is 22.7 Å². The van der Waals surface area contributed by atoms with Crippen LogP contribution in [0.2, 0.25) is 0 Å². The number of carbonyl (C=O) groups excluding carboxylic acids is 2. The van der Waals surface area contributed by atoms with Crippen molar-refractivity contribution in [3.63, 3.8) is 0 Å². The molecule has 1 aliphatic heterocycles. The molecule has 1 aliphatic rings. The molecule has 40 heavy (non-hydrogen) atoms. The number of Topliss-reactive ketones (excluding diaryl/α,β-unsaturated/α-hetero) is 1. The molecule has 2 heterocycles. The molecule has 4 aromatic rings. The van der Waals surface area contributed by atoms with E-state index < -0.39 is 22.7 Å². The lowest BCUT2D eigenvalue weighted by Crippen LogP contribution is -2.29. The van der Waals surface area contributed by atoms with Gasteiger partial charge < -0.3 is 14.7 Å². The van der Waals surface area contributed by atoms with Crippen LogP contribution in [0.5, 0.6) is 5.75 Å². The minimum Gasteiger partial charge on any atom is -0.507 e. The summed E-state index contributed by atoms with van der Waals surface area (Å²) >= 11 is 0. The first kappa shape index (κ1) is 26.3. The van der Waals surface area contributed by atoms with Crippen molar-refractivity contribution in [1.29, 1.82) is 0 Å². The summed E-state index contributed by atoms with van der Waals surface area (Å²) in [6, 6.07) is 22.8. The highest BCUT2D eigenvalue weighted by atomic mass is 16.6. The van der Waals surface area contributed by atoms with Gasteiger partial charge in [-0.25, -0.2) is 0 Å². The number of amides is 1. The molecule has 1 fully saturated rings. The SMILES string of the molecule is Cc1cc(C(O)=C2C(=O)C(=O)N(Cc3cccnc3)[C@H]2c2cccc([N+](=O)[O-])c2)ccc1OCc1ccccc1. The number of ketones is 1. The highest BCUT2D eigenvalue weighted by molar-refractivity contribution is 6.46. The minimum absolute atomic E-state index is 0.0217. The maximum atomic E-state index is 13.4. The summed E-state index contributed by atoms with van der Waals surface area (Å²) in [7, 11) is 0. The standard InChI is InChI=1S/C31H25N3O6/c1-20-15-24(12-13-26(20)40-19-21-7-3-2-4-8-21)29(35)27-28(23-10-5-11-25(16-23)34(38)39)33(31(37)30(27)36)18-22-9-6-14-32-17-22/h2-17,28,35H,18-19H2,1H3/t28-/m0/s1. The van der Waals surface area contributed by atoms with Crippen molar-refractivity contribution in [2.45, 2.75) is 26.1 Å². The number of aliphatic hydroxyl groups is 1. The van der Waals surface area contributed by atoms with Crippen LogP contribution >= 0.6 is 0 Å². The van der Waals surface area contributed by atoms with E-state index in [1.54, 1.807) is 48.8 Å². The Bertz CT molecular complexity index is 1620. The molecule has 0 spiro atoms. The van der Waals surface area contributed by atoms with E-state index in [2.05, 4.69) is 4.98 Å². The molecule has 0 saturated carbocycles. The molecule has 1 aromatic heterocycles. The lowest BCUT2D eigenvalue weighted by Gasteiger charge is -2.25. The summed E-state index contributed by atoms with van der Waals surface area (Å²) in [6.07, 6.45) is 3.16. The normalized spacial score (nSPS) is 16.2. The van der Waals surface area contributed by atoms with Gasteiger partial charge in [-0.15, -0.1) is 0 Å². The van der Waals surface area contributed by atoms with Gasteiger partial charge in [-0.3, -0.25) is 24.7 Å². The average Bonchev–Trinajstić information content (AvgIpc) is 3.22. The van der Waals surface area contributed by atoms with E-state index in [0.717, 1.165) is 11.1 Å². The van der Waals surface area contributed by atoms with Crippen LogP contribution in [0.25, 0.3) is 5.76 Å². The molecule has 9 heteroatoms. The highest BCUT2D eigenvalue weighted by Gasteiger charge is 2.46. The molecule has 1 atom stereocenters. The van der Waals surface area contributed by atoms with E-state index in [9.17, 15) is 24.8 Å². The molecular formula is C31H25N3O6. The van der Waals surface area contributed by atoms with Crippen LogP contribution in [0.1, 0.15) is 33.9 Å². The number of carbonyl (C=O) groups is 2. The van der Waals surface area contributed by atoms with Gasteiger partial charge in [-0.05, 0) is 53.4 Å². The van der Waals surface area contributed by atoms with Gasteiger partial charge in [0.05, 0.1) is 16.5 Å². The third-order valence-electron chi connectivity index (χ3n) is 6.70. The number of hydrogen-bond acceptors (Lipinski definition) is 7. The van der Waals surface area contributed by atoms with E-state index in [4.69, 9.17) is 4.74 Å². The van der Waals surface area contributed by atoms with Crippen LogP contribution in [0, 0.1) is 17.0 Å². The van der Waals surface area contributed by atoms with E-state index in [1.165, 1.54) is 23.1 Å². The minimum atomic E-state index is -1.05. The molecule has 0 unspecified atom stereocenters. The molecular weight excluding hydrogens is 510 g/mol. The fraction of sp³-hybridized carbons (Fsp3) is 0.129. The average molecular weight is 536 g/mol. The Morgan fingerprint density at radius 2 is 1.77 bits per heavy atom. The van der Waals surface area contributed by atoms with Gasteiger partial charge >= 0.3 is 0 Å². The van der Waals surface area contributed by atoms with Crippen molar-refractivity contribution >= 4 is 23.1 Å². The van der Waals surface area contributed by atoms with Crippen molar-refractivity contribution in [2.75, 3.05) is 0 Å². The Morgan fingerprint density at radius 1 is 1.00 bits per heavy atom. The van der Waals surface area contributed by atoms with E-state index in [-0.39, 0.29) is 23.6 Å². The lowest BCUT2D eigenvalue weighted by molar-refractivity contribution is -0.384. The third-order valence-corrected chi connectivity index (χ3v) is 6.70. The maximum absolute atomic E-state index is 13.4. The van der Waals surface area contributed by atoms with Crippen LogP contribution in [0.3, 0.4) is 0 Å². The number of likely N-dealkylation sites (tertiary alicyclic amines) is 1. The first-order valence-electron chi connectivity index (χ1n) is 12.5. The molecule has 1 amide bonds. The number of nitro groups is 1. The van der Waals surface area contributed by atoms with Crippen LogP contribution in [0.4, 0.5) is 5.69 Å². The van der Waals surface area contributed by atoms with E-state index >= 15 is 0 Å². The van der Waals surface area contributed by atoms with Crippen LogP contribution in [0.15, 0.2) is 103 Å². The Kier molecular flexibility index (Phi) is 7.37. The Balaban J connectivity index is 1.55. The quantitative estimate of drug-likeness (QED) is 0.104. The number of pyridine rings is 1. The molecule has 1 N–H and O–H groups in total. The molecule has 200 valence electrons. The fourth-order valence-corrected chi connectivity index (χ4v) is 4.74. The van der Waals surface area contributed by atoms with Gasteiger partial charge in [0.15, 0.2) is 0 Å². The molecule has 0 radical (unpaired) electrons. The largest absolute Gasteiger partial charge is 0.507 e. The number of aromatic nitrogens is 1. The molecule has 0 bridgehead atoms. The van der Waals surface area contributed by atoms with Gasteiger partial charge in [-0.2, -0.15) is 0 Å². The third kappa shape index (κ3) is 5.30. The summed E-state index contributed by atoms with van der Waals surface area (Å²) in [5.41, 5.74) is 2.69. The molecule has 1 saturated heterocycles. The highest BCUT2D eigenvalue weighted by Crippen LogP contribution is 2.41. The number of ether oxygens (including phenoxy) is 1. The van der Waals surface area contributed by atoms with Crippen LogP contribution in [-0.4, -0.2) is 31.6 Å². The monoisotopic (exact) mass is 535 g/mol. The van der Waals surface area contributed by atoms with Gasteiger partial charge in [0.1, 0.15) is 18.1 Å². The first-order valence-corrected chi connectivity index (χ1v) is 12.5. The summed E-state index contributed by atoms with van der Waals surface area (Å²) in [4.78, 5) is 42.9.